The molecule has 0 amide bonds. The first kappa shape index (κ1) is 33.8. The van der Waals surface area contributed by atoms with Gasteiger partial charge in [0, 0.05) is 58.2 Å². The van der Waals surface area contributed by atoms with Crippen LogP contribution >= 0.6 is 0 Å². The summed E-state index contributed by atoms with van der Waals surface area (Å²) in [4.78, 5) is 48.0. The monoisotopic (exact) mass is 628 g/mol. The molecule has 0 atom stereocenters. The molecule has 0 unspecified atom stereocenters. The molecular formula is C36H40N2O8. The molecule has 46 heavy (non-hydrogen) atoms. The number of carbonyl (C=O) groups is 2. The quantitative estimate of drug-likeness (QED) is 0.233. The number of aromatic nitrogens is 2. The molecular weight excluding hydrogens is 588 g/mol. The number of hydrogen-bond acceptors (Lipinski definition) is 8. The Morgan fingerprint density at radius 1 is 0.674 bits per heavy atom. The lowest BCUT2D eigenvalue weighted by atomic mass is 9.96. The van der Waals surface area contributed by atoms with Gasteiger partial charge in [0.2, 0.25) is 0 Å². The predicted octanol–water partition coefficient (Wildman–Crippen LogP) is 5.35. The summed E-state index contributed by atoms with van der Waals surface area (Å²) in [5, 5.41) is 9.73. The van der Waals surface area contributed by atoms with Crippen molar-refractivity contribution in [3.63, 3.8) is 0 Å². The number of ether oxygens (including phenoxy) is 3. The number of methoxy groups -OCH3 is 2. The molecule has 0 bridgehead atoms. The van der Waals surface area contributed by atoms with Crippen molar-refractivity contribution in [2.75, 3.05) is 14.2 Å². The lowest BCUT2D eigenvalue weighted by Gasteiger charge is -2.27. The third-order valence-corrected chi connectivity index (χ3v) is 8.04. The molecule has 1 aliphatic carbocycles. The van der Waals surface area contributed by atoms with Crippen LogP contribution in [0.3, 0.4) is 0 Å². The van der Waals surface area contributed by atoms with Crippen molar-refractivity contribution in [3.8, 4) is 23.0 Å². The number of aryl methyl sites for hydroxylation is 4. The van der Waals surface area contributed by atoms with E-state index in [4.69, 9.17) is 14.2 Å². The van der Waals surface area contributed by atoms with Gasteiger partial charge in [-0.1, -0.05) is 0 Å². The van der Waals surface area contributed by atoms with Crippen molar-refractivity contribution < 1.29 is 28.9 Å². The number of rotatable bonds is 10. The van der Waals surface area contributed by atoms with Crippen LogP contribution < -0.4 is 25.1 Å². The van der Waals surface area contributed by atoms with Crippen molar-refractivity contribution in [2.45, 2.75) is 66.2 Å². The molecule has 1 aliphatic rings. The highest BCUT2D eigenvalue weighted by Crippen LogP contribution is 2.33. The second kappa shape index (κ2) is 14.8. The number of ketones is 2. The van der Waals surface area contributed by atoms with Crippen LogP contribution in [0.25, 0.3) is 0 Å². The summed E-state index contributed by atoms with van der Waals surface area (Å²) in [5.41, 5.74) is 3.86. The van der Waals surface area contributed by atoms with E-state index in [2.05, 4.69) is 0 Å². The number of aromatic hydroxyl groups is 1. The number of nitrogens with zero attached hydrogens (tertiary/aromatic N) is 2. The third kappa shape index (κ3) is 8.12. The summed E-state index contributed by atoms with van der Waals surface area (Å²) in [6.45, 7) is 7.54. The Labute approximate surface area is 267 Å². The lowest BCUT2D eigenvalue weighted by Crippen LogP contribution is -2.25. The Hall–Kier alpha value is -5.12. The molecule has 10 nitrogen and oxygen atoms in total. The fraction of sp³-hybridized carbons (Fsp3) is 0.333. The molecule has 1 saturated carbocycles. The third-order valence-electron chi connectivity index (χ3n) is 8.04. The highest BCUT2D eigenvalue weighted by atomic mass is 16.5. The van der Waals surface area contributed by atoms with Crippen LogP contribution in [-0.4, -0.2) is 46.1 Å². The number of benzene rings is 2. The SMILES string of the molecule is COc1ccc(C(=O)Cn2c(C)cc(=O)cc2C)cc1O.COc1ccc(C(=O)Cn2c(C)cc(=O)cc2C)cc1OC1CCC1. The van der Waals surface area contributed by atoms with E-state index in [0.29, 0.717) is 28.4 Å². The van der Waals surface area contributed by atoms with Gasteiger partial charge in [0.1, 0.15) is 0 Å². The van der Waals surface area contributed by atoms with E-state index < -0.39 is 0 Å². The van der Waals surface area contributed by atoms with Crippen LogP contribution in [-0.2, 0) is 13.1 Å². The minimum atomic E-state index is -0.150. The minimum absolute atomic E-state index is 0.0315. The normalized spacial score (nSPS) is 12.4. The molecule has 1 fully saturated rings. The van der Waals surface area contributed by atoms with Gasteiger partial charge in [0.05, 0.1) is 33.4 Å². The van der Waals surface area contributed by atoms with E-state index in [0.717, 1.165) is 35.6 Å². The molecule has 242 valence electrons. The lowest BCUT2D eigenvalue weighted by molar-refractivity contribution is 0.0960. The Kier molecular flexibility index (Phi) is 10.8. The fourth-order valence-corrected chi connectivity index (χ4v) is 5.22. The van der Waals surface area contributed by atoms with Gasteiger partial charge in [-0.25, -0.2) is 0 Å². The maximum atomic E-state index is 12.7. The van der Waals surface area contributed by atoms with Crippen LogP contribution in [0.4, 0.5) is 0 Å². The average molecular weight is 629 g/mol. The summed E-state index contributed by atoms with van der Waals surface area (Å²) in [6, 6.07) is 15.9. The molecule has 0 aliphatic heterocycles. The molecule has 1 N–H and O–H groups in total. The minimum Gasteiger partial charge on any atom is -0.504 e. The first-order valence-electron chi connectivity index (χ1n) is 15.0. The number of carbonyl (C=O) groups excluding carboxylic acids is 2. The molecule has 5 rings (SSSR count). The van der Waals surface area contributed by atoms with E-state index >= 15 is 0 Å². The topological polar surface area (TPSA) is 126 Å². The molecule has 2 heterocycles. The summed E-state index contributed by atoms with van der Waals surface area (Å²) >= 11 is 0. The van der Waals surface area contributed by atoms with Crippen LogP contribution in [0.1, 0.15) is 62.8 Å². The van der Waals surface area contributed by atoms with E-state index in [1.807, 2.05) is 18.4 Å². The second-order valence-electron chi connectivity index (χ2n) is 11.4. The van der Waals surface area contributed by atoms with E-state index in [9.17, 15) is 24.3 Å². The number of hydrogen-bond donors (Lipinski definition) is 1. The molecule has 4 aromatic rings. The van der Waals surface area contributed by atoms with E-state index in [1.54, 1.807) is 68.0 Å². The molecule has 2 aromatic heterocycles. The zero-order valence-electron chi connectivity index (χ0n) is 27.1. The van der Waals surface area contributed by atoms with Gasteiger partial charge in [-0.2, -0.15) is 0 Å². The largest absolute Gasteiger partial charge is 0.504 e. The molecule has 0 saturated heterocycles. The van der Waals surface area contributed by atoms with Crippen LogP contribution in [0.5, 0.6) is 23.0 Å². The van der Waals surface area contributed by atoms with Crippen molar-refractivity contribution in [1.29, 1.82) is 0 Å². The predicted molar refractivity (Wildman–Crippen MR) is 175 cm³/mol. The van der Waals surface area contributed by atoms with Gasteiger partial charge in [-0.15, -0.1) is 0 Å². The average Bonchev–Trinajstić information content (AvgIpc) is 2.98. The van der Waals surface area contributed by atoms with Crippen molar-refractivity contribution in [2.24, 2.45) is 0 Å². The Balaban J connectivity index is 0.000000212. The Morgan fingerprint density at radius 3 is 1.50 bits per heavy atom. The van der Waals surface area contributed by atoms with Crippen LogP contribution in [0, 0.1) is 27.7 Å². The van der Waals surface area contributed by atoms with Gasteiger partial charge in [0.15, 0.2) is 45.4 Å². The zero-order valence-corrected chi connectivity index (χ0v) is 27.1. The highest BCUT2D eigenvalue weighted by molar-refractivity contribution is 5.97. The fourth-order valence-electron chi connectivity index (χ4n) is 5.22. The maximum Gasteiger partial charge on any atom is 0.182 e. The van der Waals surface area contributed by atoms with Crippen molar-refractivity contribution in [3.05, 3.63) is 115 Å². The number of phenolic OH excluding ortho intramolecular Hbond substituents is 1. The number of Topliss-reactive ketones (excluding diaryl/α,β-unsaturated/α-hetero) is 2. The first-order valence-corrected chi connectivity index (χ1v) is 15.0. The Morgan fingerprint density at radius 2 is 1.11 bits per heavy atom. The van der Waals surface area contributed by atoms with Gasteiger partial charge >= 0.3 is 0 Å². The molecule has 2 aromatic carbocycles. The Bertz CT molecular complexity index is 1810. The van der Waals surface area contributed by atoms with Gasteiger partial charge < -0.3 is 28.5 Å². The van der Waals surface area contributed by atoms with Gasteiger partial charge in [-0.05, 0) is 83.4 Å². The van der Waals surface area contributed by atoms with Crippen molar-refractivity contribution >= 4 is 11.6 Å². The molecule has 0 spiro atoms. The summed E-state index contributed by atoms with van der Waals surface area (Å²) in [7, 11) is 3.04. The van der Waals surface area contributed by atoms with Crippen LogP contribution in [0.2, 0.25) is 0 Å². The number of phenols is 1. The smallest absolute Gasteiger partial charge is 0.182 e. The van der Waals surface area contributed by atoms with E-state index in [-0.39, 0.29) is 47.4 Å². The highest BCUT2D eigenvalue weighted by Gasteiger charge is 2.22. The van der Waals surface area contributed by atoms with Crippen LogP contribution in [0.15, 0.2) is 70.3 Å². The van der Waals surface area contributed by atoms with Crippen molar-refractivity contribution in [1.82, 2.24) is 9.13 Å². The van der Waals surface area contributed by atoms with Gasteiger partial charge in [-0.3, -0.25) is 19.2 Å². The maximum absolute atomic E-state index is 12.7. The summed E-state index contributed by atoms with van der Waals surface area (Å²) in [6.07, 6.45) is 3.47. The zero-order chi connectivity index (χ0) is 33.5. The first-order chi connectivity index (χ1) is 21.9. The molecule has 10 heteroatoms. The summed E-state index contributed by atoms with van der Waals surface area (Å²) < 4.78 is 19.9. The van der Waals surface area contributed by atoms with E-state index in [1.165, 1.54) is 31.7 Å². The standard InChI is InChI=1S/C20H23NO4.C16H17NO4/c1-13-9-16(22)10-14(2)21(13)12-18(23)15-7-8-19(24-3)20(11-15)25-17-5-4-6-17;1-10-6-13(18)7-11(2)17(10)9-15(20)12-4-5-16(21-3)14(19)8-12/h7-11,17H,4-6,12H2,1-3H3;4-8,19H,9H2,1-3H3. The summed E-state index contributed by atoms with van der Waals surface area (Å²) in [5.74, 6) is 1.32. The molecule has 0 radical (unpaired) electrons. The number of pyridine rings is 2. The second-order valence-corrected chi connectivity index (χ2v) is 11.4. The van der Waals surface area contributed by atoms with Gasteiger partial charge in [0.25, 0.3) is 0 Å².